The van der Waals surface area contributed by atoms with E-state index in [1.54, 1.807) is 37.3 Å². The number of anilines is 2. The maximum atomic E-state index is 12.9. The summed E-state index contributed by atoms with van der Waals surface area (Å²) < 4.78 is 6.94. The van der Waals surface area contributed by atoms with Gasteiger partial charge in [0.05, 0.1) is 17.2 Å². The molecule has 0 aliphatic carbocycles. The minimum atomic E-state index is -0.584. The fourth-order valence-electron chi connectivity index (χ4n) is 2.76. The summed E-state index contributed by atoms with van der Waals surface area (Å²) in [6.45, 7) is 3.03. The van der Waals surface area contributed by atoms with E-state index in [2.05, 4.69) is 10.6 Å². The minimum Gasteiger partial charge on any atom is -0.463 e. The number of rotatable bonds is 7. The van der Waals surface area contributed by atoms with Gasteiger partial charge in [0.2, 0.25) is 11.8 Å². The van der Waals surface area contributed by atoms with Crippen LogP contribution >= 0.6 is 22.7 Å². The van der Waals surface area contributed by atoms with Crippen molar-refractivity contribution < 1.29 is 19.1 Å². The van der Waals surface area contributed by atoms with Crippen molar-refractivity contribution in [1.82, 2.24) is 4.57 Å². The van der Waals surface area contributed by atoms with Crippen LogP contribution in [0.5, 0.6) is 0 Å². The number of hydrogen-bond acceptors (Lipinski definition) is 7. The molecular formula is C22H21N3O5S2. The van der Waals surface area contributed by atoms with Crippen molar-refractivity contribution in [2.45, 2.75) is 20.4 Å². The van der Waals surface area contributed by atoms with Crippen molar-refractivity contribution in [2.75, 3.05) is 17.2 Å². The molecule has 2 N–H and O–H groups in total. The van der Waals surface area contributed by atoms with Crippen LogP contribution in [0.2, 0.25) is 0 Å². The smallest absolute Gasteiger partial charge is 0.333 e. The first-order valence-corrected chi connectivity index (χ1v) is 11.4. The summed E-state index contributed by atoms with van der Waals surface area (Å²) in [6, 6.07) is 10.3. The first-order chi connectivity index (χ1) is 15.4. The van der Waals surface area contributed by atoms with Gasteiger partial charge in [0, 0.05) is 23.2 Å². The molecule has 8 nitrogen and oxygen atoms in total. The number of esters is 1. The van der Waals surface area contributed by atoms with Crippen molar-refractivity contribution in [1.29, 1.82) is 0 Å². The Kier molecular flexibility index (Phi) is 7.74. The predicted octanol–water partition coefficient (Wildman–Crippen LogP) is 1.74. The van der Waals surface area contributed by atoms with Gasteiger partial charge in [0.1, 0.15) is 11.2 Å². The first-order valence-electron chi connectivity index (χ1n) is 9.66. The predicted molar refractivity (Wildman–Crippen MR) is 126 cm³/mol. The highest BCUT2D eigenvalue weighted by Crippen LogP contribution is 2.13. The molecule has 0 unspecified atom stereocenters. The van der Waals surface area contributed by atoms with Gasteiger partial charge in [-0.1, -0.05) is 6.07 Å². The standard InChI is InChI=1S/C22H21N3O5S2/c1-3-30-21(28)12-20-25(22(29)18(32-20)11-17-5-4-10-31-17)13-19(27)24-16-8-6-15(7-9-16)23-14(2)26/h4-12H,3,13H2,1-2H3,(H,23,26)(H,24,27). The molecular weight excluding hydrogens is 450 g/mol. The SMILES string of the molecule is CCOC(=O)C=c1sc(=Cc2cccs2)c(=O)n1CC(=O)Nc1ccc(NC(C)=O)cc1. The summed E-state index contributed by atoms with van der Waals surface area (Å²) in [6.07, 6.45) is 2.95. The fraction of sp³-hybridized carbons (Fsp3) is 0.182. The average molecular weight is 472 g/mol. The van der Waals surface area contributed by atoms with E-state index < -0.39 is 11.9 Å². The Labute approximate surface area is 191 Å². The van der Waals surface area contributed by atoms with Gasteiger partial charge < -0.3 is 15.4 Å². The third-order valence-corrected chi connectivity index (χ3v) is 5.95. The molecule has 0 aliphatic heterocycles. The maximum Gasteiger partial charge on any atom is 0.333 e. The van der Waals surface area contributed by atoms with Crippen LogP contribution in [0.3, 0.4) is 0 Å². The van der Waals surface area contributed by atoms with Crippen LogP contribution in [-0.4, -0.2) is 29.0 Å². The second kappa shape index (κ2) is 10.7. The zero-order valence-corrected chi connectivity index (χ0v) is 19.0. The van der Waals surface area contributed by atoms with E-state index in [0.717, 1.165) is 16.2 Å². The Balaban J connectivity index is 1.87. The third-order valence-electron chi connectivity index (χ3n) is 4.07. The first kappa shape index (κ1) is 23.2. The minimum absolute atomic E-state index is 0.195. The van der Waals surface area contributed by atoms with Gasteiger partial charge in [-0.05, 0) is 48.7 Å². The van der Waals surface area contributed by atoms with Crippen LogP contribution in [0.15, 0.2) is 46.6 Å². The molecule has 2 aromatic heterocycles. The lowest BCUT2D eigenvalue weighted by atomic mass is 10.2. The number of benzene rings is 1. The average Bonchev–Trinajstić information content (AvgIpc) is 3.34. The van der Waals surface area contributed by atoms with Crippen molar-refractivity contribution in [3.63, 3.8) is 0 Å². The lowest BCUT2D eigenvalue weighted by Gasteiger charge is -2.07. The molecule has 0 atom stereocenters. The van der Waals surface area contributed by atoms with Crippen molar-refractivity contribution in [2.24, 2.45) is 0 Å². The highest BCUT2D eigenvalue weighted by atomic mass is 32.1. The number of thiazole rings is 1. The Morgan fingerprint density at radius 3 is 2.38 bits per heavy atom. The molecule has 0 saturated heterocycles. The highest BCUT2D eigenvalue weighted by molar-refractivity contribution is 7.11. The van der Waals surface area contributed by atoms with Gasteiger partial charge in [-0.2, -0.15) is 0 Å². The van der Waals surface area contributed by atoms with Gasteiger partial charge in [-0.25, -0.2) is 4.79 Å². The molecule has 0 saturated carbocycles. The van der Waals surface area contributed by atoms with Crippen LogP contribution in [-0.2, 0) is 25.7 Å². The number of thiophene rings is 1. The Bertz CT molecular complexity index is 1290. The number of carbonyl (C=O) groups excluding carboxylic acids is 3. The zero-order chi connectivity index (χ0) is 23.1. The number of nitrogens with zero attached hydrogens (tertiary/aromatic N) is 1. The number of hydrogen-bond donors (Lipinski definition) is 2. The summed E-state index contributed by atoms with van der Waals surface area (Å²) >= 11 is 2.60. The molecule has 10 heteroatoms. The topological polar surface area (TPSA) is 106 Å². The highest BCUT2D eigenvalue weighted by Gasteiger charge is 2.12. The Hall–Kier alpha value is -3.50. The van der Waals surface area contributed by atoms with Gasteiger partial charge in [-0.15, -0.1) is 22.7 Å². The molecule has 3 aromatic rings. The Morgan fingerprint density at radius 2 is 1.78 bits per heavy atom. The summed E-state index contributed by atoms with van der Waals surface area (Å²) in [7, 11) is 0. The molecule has 2 amide bonds. The summed E-state index contributed by atoms with van der Waals surface area (Å²) in [5.74, 6) is -1.21. The number of amides is 2. The van der Waals surface area contributed by atoms with E-state index in [4.69, 9.17) is 4.74 Å². The summed E-state index contributed by atoms with van der Waals surface area (Å²) in [5.41, 5.74) is 0.744. The molecule has 2 heterocycles. The van der Waals surface area contributed by atoms with Gasteiger partial charge in [-0.3, -0.25) is 19.0 Å². The zero-order valence-electron chi connectivity index (χ0n) is 17.4. The largest absolute Gasteiger partial charge is 0.463 e. The van der Waals surface area contributed by atoms with E-state index in [1.165, 1.54) is 28.9 Å². The number of nitrogens with one attached hydrogen (secondary N) is 2. The Morgan fingerprint density at radius 1 is 1.09 bits per heavy atom. The van der Waals surface area contributed by atoms with Gasteiger partial charge in [0.15, 0.2) is 0 Å². The number of carbonyl (C=O) groups is 3. The van der Waals surface area contributed by atoms with E-state index in [1.807, 2.05) is 17.5 Å². The fourth-order valence-corrected chi connectivity index (χ4v) is 4.52. The molecule has 1 aromatic carbocycles. The molecule has 0 aliphatic rings. The quantitative estimate of drug-likeness (QED) is 0.511. The van der Waals surface area contributed by atoms with Crippen molar-refractivity contribution in [3.8, 4) is 0 Å². The number of aromatic nitrogens is 1. The van der Waals surface area contributed by atoms with Crippen LogP contribution in [0.1, 0.15) is 18.7 Å². The van der Waals surface area contributed by atoms with E-state index in [9.17, 15) is 19.2 Å². The van der Waals surface area contributed by atoms with Crippen molar-refractivity contribution >= 4 is 64.0 Å². The number of ether oxygens (including phenoxy) is 1. The van der Waals surface area contributed by atoms with Crippen LogP contribution in [0, 0.1) is 0 Å². The molecule has 32 heavy (non-hydrogen) atoms. The lowest BCUT2D eigenvalue weighted by molar-refractivity contribution is -0.135. The molecule has 0 radical (unpaired) electrons. The van der Waals surface area contributed by atoms with Crippen LogP contribution in [0.25, 0.3) is 12.2 Å². The third kappa shape index (κ3) is 6.25. The maximum absolute atomic E-state index is 12.9. The van der Waals surface area contributed by atoms with E-state index in [-0.39, 0.29) is 24.6 Å². The van der Waals surface area contributed by atoms with E-state index in [0.29, 0.717) is 20.6 Å². The van der Waals surface area contributed by atoms with Crippen LogP contribution < -0.4 is 25.4 Å². The van der Waals surface area contributed by atoms with Gasteiger partial charge in [0.25, 0.3) is 5.56 Å². The lowest BCUT2D eigenvalue weighted by Crippen LogP contribution is -2.36. The molecule has 0 bridgehead atoms. The van der Waals surface area contributed by atoms with Crippen molar-refractivity contribution in [3.05, 3.63) is 66.2 Å². The second-order valence-corrected chi connectivity index (χ2v) is 8.60. The summed E-state index contributed by atoms with van der Waals surface area (Å²) in [4.78, 5) is 49.5. The normalized spacial score (nSPS) is 11.9. The molecule has 0 spiro atoms. The monoisotopic (exact) mass is 471 g/mol. The molecule has 166 valence electrons. The molecule has 3 rings (SSSR count). The second-order valence-electron chi connectivity index (χ2n) is 6.56. The van der Waals surface area contributed by atoms with Gasteiger partial charge >= 0.3 is 5.97 Å². The summed E-state index contributed by atoms with van der Waals surface area (Å²) in [5, 5.41) is 7.25. The van der Waals surface area contributed by atoms with Crippen LogP contribution in [0.4, 0.5) is 11.4 Å². The van der Waals surface area contributed by atoms with E-state index >= 15 is 0 Å². The molecule has 0 fully saturated rings.